The number of rotatable bonds is 7. The molecule has 0 bridgehead atoms. The molecule has 0 saturated heterocycles. The van der Waals surface area contributed by atoms with Crippen LogP contribution in [0.5, 0.6) is 0 Å². The molecule has 0 N–H and O–H groups in total. The van der Waals surface area contributed by atoms with E-state index in [9.17, 15) is 0 Å². The van der Waals surface area contributed by atoms with E-state index in [-0.39, 0.29) is 0 Å². The van der Waals surface area contributed by atoms with Crippen LogP contribution in [-0.4, -0.2) is 56.5 Å². The number of ether oxygens (including phenoxy) is 1. The molecule has 0 fully saturated rings. The van der Waals surface area contributed by atoms with Gasteiger partial charge in [-0.1, -0.05) is 0 Å². The normalized spacial score (nSPS) is 11.0. The predicted octanol–water partition coefficient (Wildman–Crippen LogP) is 0.932. The molecule has 0 rings (SSSR count). The van der Waals surface area contributed by atoms with E-state index in [1.807, 2.05) is 0 Å². The third kappa shape index (κ3) is 10.5. The molecular weight excluding hydrogens is 133 g/mol. The molecule has 0 unspecified atom stereocenters. The van der Waals surface area contributed by atoms with E-state index in [1.165, 1.54) is 11.5 Å². The standard InChI is InChI=1S/C8H18NO.Li/c1-4-7-10-8-5-6-9(2)3;/h1,4-8H2,2-3H3;. The van der Waals surface area contributed by atoms with Gasteiger partial charge in [0.15, 0.2) is 0 Å². The first-order valence-electron chi connectivity index (χ1n) is 4.50. The monoisotopic (exact) mass is 151 g/mol. The summed E-state index contributed by atoms with van der Waals surface area (Å²) in [6, 6.07) is 0. The van der Waals surface area contributed by atoms with Crippen molar-refractivity contribution >= 4 is 17.7 Å². The molecule has 0 aromatic rings. The summed E-state index contributed by atoms with van der Waals surface area (Å²) in [6.45, 7) is 2.98. The minimum atomic E-state index is 0.915. The van der Waals surface area contributed by atoms with E-state index in [0.29, 0.717) is 0 Å². The topological polar surface area (TPSA) is 12.5 Å². The van der Waals surface area contributed by atoms with E-state index in [0.717, 1.165) is 26.2 Å². The third-order valence-electron chi connectivity index (χ3n) is 1.54. The van der Waals surface area contributed by atoms with Gasteiger partial charge in [-0.15, -0.1) is 0 Å². The van der Waals surface area contributed by atoms with Crippen molar-refractivity contribution < 1.29 is 4.74 Å². The summed E-state index contributed by atoms with van der Waals surface area (Å²) in [5, 5.41) is 1.23. The van der Waals surface area contributed by atoms with Gasteiger partial charge in [-0.3, -0.25) is 0 Å². The Morgan fingerprint density at radius 2 is 1.82 bits per heavy atom. The average Bonchev–Trinajstić information content (AvgIpc) is 1.96. The fourth-order valence-electron chi connectivity index (χ4n) is 0.831. The summed E-state index contributed by atoms with van der Waals surface area (Å²) < 4.78 is 5.40. The van der Waals surface area contributed by atoms with E-state index >= 15 is 0 Å². The van der Waals surface area contributed by atoms with Gasteiger partial charge >= 0.3 is 79.1 Å². The summed E-state index contributed by atoms with van der Waals surface area (Å²) in [5.74, 6) is 0. The molecular formula is C8H18LiNO. The molecule has 0 heterocycles. The maximum atomic E-state index is 5.40. The molecule has 0 aliphatic heterocycles. The zero-order chi connectivity index (χ0) is 8.53. The Kier molecular flexibility index (Phi) is 9.02. The van der Waals surface area contributed by atoms with E-state index in [2.05, 4.69) is 36.7 Å². The molecule has 0 atom stereocenters. The molecule has 0 aliphatic carbocycles. The molecule has 0 spiro atoms. The Labute approximate surface area is 79.5 Å². The number of nitrogens with zero attached hydrogens (tertiary/aromatic N) is 1. The summed E-state index contributed by atoms with van der Waals surface area (Å²) in [4.78, 5) is 2.18. The van der Waals surface area contributed by atoms with Crippen LogP contribution in [0.2, 0.25) is 5.09 Å². The van der Waals surface area contributed by atoms with Gasteiger partial charge in [-0.25, -0.2) is 0 Å². The molecule has 0 amide bonds. The Morgan fingerprint density at radius 1 is 1.18 bits per heavy atom. The molecule has 2 nitrogen and oxygen atoms in total. The van der Waals surface area contributed by atoms with E-state index in [4.69, 9.17) is 4.74 Å². The summed E-state index contributed by atoms with van der Waals surface area (Å²) in [5.41, 5.74) is 0. The average molecular weight is 151 g/mol. The van der Waals surface area contributed by atoms with Crippen molar-refractivity contribution in [3.63, 3.8) is 0 Å². The molecule has 62 valence electrons. The van der Waals surface area contributed by atoms with Gasteiger partial charge in [0.25, 0.3) is 0 Å². The van der Waals surface area contributed by atoms with Crippen molar-refractivity contribution in [2.45, 2.75) is 17.9 Å². The van der Waals surface area contributed by atoms with Crippen molar-refractivity contribution in [1.29, 1.82) is 0 Å². The van der Waals surface area contributed by atoms with E-state index < -0.39 is 0 Å². The van der Waals surface area contributed by atoms with Gasteiger partial charge in [0, 0.05) is 0 Å². The number of hydrogen-bond acceptors (Lipinski definition) is 2. The molecule has 11 heavy (non-hydrogen) atoms. The molecule has 0 radical (unpaired) electrons. The van der Waals surface area contributed by atoms with Crippen LogP contribution in [0.25, 0.3) is 0 Å². The van der Waals surface area contributed by atoms with Crippen LogP contribution in [-0.2, 0) is 4.74 Å². The Morgan fingerprint density at radius 3 is 2.36 bits per heavy atom. The molecule has 3 heteroatoms. The van der Waals surface area contributed by atoms with Crippen LogP contribution >= 0.6 is 0 Å². The van der Waals surface area contributed by atoms with Crippen LogP contribution in [0, 0.1) is 0 Å². The zero-order valence-electron chi connectivity index (χ0n) is 8.10. The van der Waals surface area contributed by atoms with Crippen LogP contribution in [0.1, 0.15) is 12.8 Å². The molecule has 0 aliphatic rings. The molecule has 0 aromatic carbocycles. The van der Waals surface area contributed by atoms with Gasteiger partial charge in [0.05, 0.1) is 0 Å². The Hall–Kier alpha value is 0.517. The van der Waals surface area contributed by atoms with Gasteiger partial charge in [0.2, 0.25) is 0 Å². The molecule has 0 saturated carbocycles. The van der Waals surface area contributed by atoms with Gasteiger partial charge in [-0.05, 0) is 0 Å². The Bertz CT molecular complexity index is 78.5. The maximum absolute atomic E-state index is 5.40. The summed E-state index contributed by atoms with van der Waals surface area (Å²) in [6.07, 6.45) is 2.35. The second-order valence-corrected chi connectivity index (χ2v) is 3.12. The van der Waals surface area contributed by atoms with Crippen LogP contribution in [0.3, 0.4) is 0 Å². The third-order valence-corrected chi connectivity index (χ3v) is 1.54. The second-order valence-electron chi connectivity index (χ2n) is 3.12. The minimum absolute atomic E-state index is 0.915. The van der Waals surface area contributed by atoms with Gasteiger partial charge in [-0.2, -0.15) is 0 Å². The first kappa shape index (κ1) is 11.5. The first-order valence-corrected chi connectivity index (χ1v) is 4.50. The fraction of sp³-hybridized carbons (Fsp3) is 1.00. The van der Waals surface area contributed by atoms with Crippen molar-refractivity contribution in [1.82, 2.24) is 4.90 Å². The van der Waals surface area contributed by atoms with E-state index in [1.54, 1.807) is 0 Å². The van der Waals surface area contributed by atoms with Gasteiger partial charge < -0.3 is 0 Å². The van der Waals surface area contributed by atoms with Crippen molar-refractivity contribution in [3.05, 3.63) is 0 Å². The zero-order valence-corrected chi connectivity index (χ0v) is 8.10. The fourth-order valence-corrected chi connectivity index (χ4v) is 0.831. The van der Waals surface area contributed by atoms with Gasteiger partial charge in [0.1, 0.15) is 0 Å². The SMILES string of the molecule is [Li][CH2]CCOCCCN(C)C. The predicted molar refractivity (Wildman–Crippen MR) is 49.2 cm³/mol. The quantitative estimate of drug-likeness (QED) is 0.396. The number of hydrogen-bond donors (Lipinski definition) is 0. The summed E-state index contributed by atoms with van der Waals surface area (Å²) >= 11 is 2.18. The molecule has 0 aromatic heterocycles. The van der Waals surface area contributed by atoms with Crippen molar-refractivity contribution in [3.8, 4) is 0 Å². The first-order chi connectivity index (χ1) is 5.27. The van der Waals surface area contributed by atoms with Crippen molar-refractivity contribution in [2.75, 3.05) is 33.9 Å². The van der Waals surface area contributed by atoms with Crippen LogP contribution < -0.4 is 0 Å². The van der Waals surface area contributed by atoms with Crippen LogP contribution in [0.4, 0.5) is 0 Å². The van der Waals surface area contributed by atoms with Crippen molar-refractivity contribution in [2.24, 2.45) is 0 Å². The van der Waals surface area contributed by atoms with Crippen LogP contribution in [0.15, 0.2) is 0 Å². The Balaban J connectivity index is 2.80. The summed E-state index contributed by atoms with van der Waals surface area (Å²) in [7, 11) is 4.18. The second kappa shape index (κ2) is 8.61.